The predicted molar refractivity (Wildman–Crippen MR) is 161 cm³/mol. The van der Waals surface area contributed by atoms with Gasteiger partial charge in [-0.25, -0.2) is 14.8 Å². The molecule has 0 aliphatic rings. The zero-order chi connectivity index (χ0) is 29.7. The van der Waals surface area contributed by atoms with Crippen molar-refractivity contribution in [1.29, 1.82) is 5.26 Å². The highest BCUT2D eigenvalue weighted by molar-refractivity contribution is 5.96. The third kappa shape index (κ3) is 8.48. The molecule has 0 aliphatic heterocycles. The van der Waals surface area contributed by atoms with E-state index in [1.54, 1.807) is 36.7 Å². The third-order valence-electron chi connectivity index (χ3n) is 6.87. The summed E-state index contributed by atoms with van der Waals surface area (Å²) in [6, 6.07) is 22.1. The average Bonchev–Trinajstić information content (AvgIpc) is 3.03. The molecule has 1 atom stereocenters. The molecule has 1 heterocycles. The van der Waals surface area contributed by atoms with Crippen LogP contribution in [0.15, 0.2) is 85.2 Å². The van der Waals surface area contributed by atoms with E-state index in [0.29, 0.717) is 11.4 Å². The molecule has 0 saturated heterocycles. The minimum Gasteiger partial charge on any atom is -0.494 e. The molecule has 8 nitrogen and oxygen atoms in total. The smallest absolute Gasteiger partial charge is 0.326 e. The fraction of sp³-hybridized carbons (Fsp3) is 0.265. The van der Waals surface area contributed by atoms with Crippen LogP contribution in [0.4, 0.5) is 0 Å². The Labute approximate surface area is 246 Å². The maximum absolute atomic E-state index is 12.6. The van der Waals surface area contributed by atoms with Crippen LogP contribution >= 0.6 is 0 Å². The van der Waals surface area contributed by atoms with E-state index in [-0.39, 0.29) is 12.0 Å². The Morgan fingerprint density at radius 1 is 0.905 bits per heavy atom. The highest BCUT2D eigenvalue weighted by Crippen LogP contribution is 2.24. The summed E-state index contributed by atoms with van der Waals surface area (Å²) in [7, 11) is 0. The standard InChI is InChI=1S/C34H34N4O4/c1-2-3-4-5-6-18-42-30-16-14-26(15-17-30)29-22-36-32(37-23-29)27-12-10-24(11-13-27)20-31(34(40)41)38-33(39)28-9-7-8-25(19-28)21-35/h7-17,19,22-23,31H,2-6,18,20H2,1H3,(H,38,39)(H,40,41). The first kappa shape index (κ1) is 29.9. The average molecular weight is 563 g/mol. The molecule has 1 aromatic heterocycles. The molecule has 2 N–H and O–H groups in total. The van der Waals surface area contributed by atoms with Crippen molar-refractivity contribution in [3.05, 3.63) is 102 Å². The number of hydrogen-bond donors (Lipinski definition) is 2. The summed E-state index contributed by atoms with van der Waals surface area (Å²) in [4.78, 5) is 33.5. The largest absolute Gasteiger partial charge is 0.494 e. The Morgan fingerprint density at radius 2 is 1.60 bits per heavy atom. The van der Waals surface area contributed by atoms with Crippen LogP contribution in [0.25, 0.3) is 22.5 Å². The Morgan fingerprint density at radius 3 is 2.26 bits per heavy atom. The number of ether oxygens (including phenoxy) is 1. The van der Waals surface area contributed by atoms with Crippen molar-refractivity contribution >= 4 is 11.9 Å². The molecule has 0 bridgehead atoms. The number of nitrogens with zero attached hydrogens (tertiary/aromatic N) is 3. The SMILES string of the molecule is CCCCCCCOc1ccc(-c2cnc(-c3ccc(CC(NC(=O)c4cccc(C#N)c4)C(=O)O)cc3)nc2)cc1. The van der Waals surface area contributed by atoms with Crippen molar-refractivity contribution in [3.8, 4) is 34.3 Å². The van der Waals surface area contributed by atoms with E-state index < -0.39 is 17.9 Å². The topological polar surface area (TPSA) is 125 Å². The number of carbonyl (C=O) groups excluding carboxylic acids is 1. The second kappa shape index (κ2) is 15.1. The number of hydrogen-bond acceptors (Lipinski definition) is 6. The van der Waals surface area contributed by atoms with Gasteiger partial charge in [-0.2, -0.15) is 5.26 Å². The lowest BCUT2D eigenvalue weighted by atomic mass is 10.0. The Hall–Kier alpha value is -5.03. The second-order valence-corrected chi connectivity index (χ2v) is 10.0. The summed E-state index contributed by atoms with van der Waals surface area (Å²) in [6.07, 6.45) is 9.67. The van der Waals surface area contributed by atoms with E-state index in [2.05, 4.69) is 22.2 Å². The van der Waals surface area contributed by atoms with Gasteiger partial charge in [-0.1, -0.05) is 75.1 Å². The first-order valence-corrected chi connectivity index (χ1v) is 14.1. The van der Waals surface area contributed by atoms with Crippen LogP contribution in [0, 0.1) is 11.3 Å². The van der Waals surface area contributed by atoms with Gasteiger partial charge in [0.15, 0.2) is 5.82 Å². The summed E-state index contributed by atoms with van der Waals surface area (Å²) >= 11 is 0. The van der Waals surface area contributed by atoms with Gasteiger partial charge in [-0.15, -0.1) is 0 Å². The minimum absolute atomic E-state index is 0.0949. The quantitative estimate of drug-likeness (QED) is 0.169. The van der Waals surface area contributed by atoms with Crippen molar-refractivity contribution in [2.45, 2.75) is 51.5 Å². The van der Waals surface area contributed by atoms with Crippen molar-refractivity contribution in [2.75, 3.05) is 6.61 Å². The highest BCUT2D eigenvalue weighted by atomic mass is 16.5. The molecule has 3 aromatic carbocycles. The van der Waals surface area contributed by atoms with Crippen LogP contribution in [-0.2, 0) is 11.2 Å². The van der Waals surface area contributed by atoms with Crippen molar-refractivity contribution in [2.24, 2.45) is 0 Å². The molecule has 4 aromatic rings. The molecule has 0 spiro atoms. The molecule has 214 valence electrons. The zero-order valence-electron chi connectivity index (χ0n) is 23.6. The van der Waals surface area contributed by atoms with Crippen LogP contribution in [0.3, 0.4) is 0 Å². The van der Waals surface area contributed by atoms with Gasteiger partial charge in [0, 0.05) is 35.5 Å². The Balaban J connectivity index is 1.33. The number of nitriles is 1. The lowest BCUT2D eigenvalue weighted by Crippen LogP contribution is -2.42. The summed E-state index contributed by atoms with van der Waals surface area (Å²) in [5.41, 5.74) is 3.96. The highest BCUT2D eigenvalue weighted by Gasteiger charge is 2.21. The molecule has 4 rings (SSSR count). The molecule has 1 amide bonds. The Bertz CT molecular complexity index is 1510. The summed E-state index contributed by atoms with van der Waals surface area (Å²) in [5, 5.41) is 21.3. The minimum atomic E-state index is -1.15. The number of aliphatic carboxylic acids is 1. The normalized spacial score (nSPS) is 11.3. The number of carboxylic acid groups (broad SMARTS) is 1. The molecule has 1 unspecified atom stereocenters. The van der Waals surface area contributed by atoms with Crippen molar-refractivity contribution in [3.63, 3.8) is 0 Å². The van der Waals surface area contributed by atoms with Gasteiger partial charge in [0.2, 0.25) is 0 Å². The number of carbonyl (C=O) groups is 2. The lowest BCUT2D eigenvalue weighted by molar-refractivity contribution is -0.139. The van der Waals surface area contributed by atoms with Gasteiger partial charge >= 0.3 is 5.97 Å². The van der Waals surface area contributed by atoms with E-state index in [4.69, 9.17) is 10.00 Å². The van der Waals surface area contributed by atoms with Gasteiger partial charge in [0.05, 0.1) is 18.2 Å². The van der Waals surface area contributed by atoms with Crippen molar-refractivity contribution < 1.29 is 19.4 Å². The first-order valence-electron chi connectivity index (χ1n) is 14.1. The fourth-order valence-corrected chi connectivity index (χ4v) is 4.46. The number of benzene rings is 3. The summed E-state index contributed by atoms with van der Waals surface area (Å²) in [5.74, 6) is -0.298. The third-order valence-corrected chi connectivity index (χ3v) is 6.87. The molecule has 0 aliphatic carbocycles. The summed E-state index contributed by atoms with van der Waals surface area (Å²) in [6.45, 7) is 2.94. The van der Waals surface area contributed by atoms with Gasteiger partial charge in [-0.3, -0.25) is 4.79 Å². The first-order chi connectivity index (χ1) is 20.5. The number of nitrogens with one attached hydrogen (secondary N) is 1. The monoisotopic (exact) mass is 562 g/mol. The molecule has 0 saturated carbocycles. The van der Waals surface area contributed by atoms with Crippen molar-refractivity contribution in [1.82, 2.24) is 15.3 Å². The molecule has 8 heteroatoms. The predicted octanol–water partition coefficient (Wildman–Crippen LogP) is 6.46. The van der Waals surface area contributed by atoms with E-state index in [0.717, 1.165) is 41.0 Å². The van der Waals surface area contributed by atoms with Crippen LogP contribution < -0.4 is 10.1 Å². The Kier molecular flexibility index (Phi) is 10.8. The van der Waals surface area contributed by atoms with Gasteiger partial charge in [0.1, 0.15) is 11.8 Å². The molecule has 0 radical (unpaired) electrons. The van der Waals surface area contributed by atoms with E-state index >= 15 is 0 Å². The zero-order valence-corrected chi connectivity index (χ0v) is 23.6. The number of rotatable bonds is 14. The van der Waals surface area contributed by atoms with E-state index in [9.17, 15) is 14.7 Å². The van der Waals surface area contributed by atoms with Gasteiger partial charge in [-0.05, 0) is 47.9 Å². The maximum Gasteiger partial charge on any atom is 0.326 e. The maximum atomic E-state index is 12.6. The molecule has 0 fully saturated rings. The molecule has 42 heavy (non-hydrogen) atoms. The van der Waals surface area contributed by atoms with Crippen LogP contribution in [-0.4, -0.2) is 39.6 Å². The lowest BCUT2D eigenvalue weighted by Gasteiger charge is -2.15. The number of carboxylic acids is 1. The van der Waals surface area contributed by atoms with Gasteiger partial charge < -0.3 is 15.2 Å². The van der Waals surface area contributed by atoms with E-state index in [1.807, 2.05) is 42.5 Å². The van der Waals surface area contributed by atoms with Gasteiger partial charge in [0.25, 0.3) is 5.91 Å². The van der Waals surface area contributed by atoms with Crippen LogP contribution in [0.5, 0.6) is 5.75 Å². The second-order valence-electron chi connectivity index (χ2n) is 10.0. The van der Waals surface area contributed by atoms with Crippen LogP contribution in [0.1, 0.15) is 60.5 Å². The molecular weight excluding hydrogens is 528 g/mol. The number of aromatic nitrogens is 2. The number of amides is 1. The van der Waals surface area contributed by atoms with Crippen LogP contribution in [0.2, 0.25) is 0 Å². The summed E-state index contributed by atoms with van der Waals surface area (Å²) < 4.78 is 5.85. The number of unbranched alkanes of at least 4 members (excludes halogenated alkanes) is 4. The fourth-order valence-electron chi connectivity index (χ4n) is 4.46. The molecular formula is C34H34N4O4. The van der Waals surface area contributed by atoms with E-state index in [1.165, 1.54) is 37.8 Å².